The number of piperazine rings is 1. The summed E-state index contributed by atoms with van der Waals surface area (Å²) in [5.74, 6) is 0.887. The number of halogens is 1. The fourth-order valence-corrected chi connectivity index (χ4v) is 3.75. The predicted octanol–water partition coefficient (Wildman–Crippen LogP) is 3.17. The summed E-state index contributed by atoms with van der Waals surface area (Å²) in [7, 11) is 1.54. The third-order valence-corrected chi connectivity index (χ3v) is 5.13. The molecule has 0 atom stereocenters. The van der Waals surface area contributed by atoms with E-state index in [4.69, 9.17) is 21.1 Å². The number of amides is 1. The van der Waals surface area contributed by atoms with E-state index in [2.05, 4.69) is 9.88 Å². The van der Waals surface area contributed by atoms with Crippen LogP contribution in [-0.2, 0) is 0 Å². The van der Waals surface area contributed by atoms with E-state index in [1.165, 1.54) is 7.11 Å². The lowest BCUT2D eigenvalue weighted by Gasteiger charge is -2.34. The second kappa shape index (κ2) is 7.93. The fourth-order valence-electron chi connectivity index (χ4n) is 2.78. The number of hydrogen-bond donors (Lipinski definition) is 0. The van der Waals surface area contributed by atoms with Crippen molar-refractivity contribution in [1.29, 1.82) is 0 Å². The number of carbonyl (C=O) groups is 1. The lowest BCUT2D eigenvalue weighted by Crippen LogP contribution is -2.48. The van der Waals surface area contributed by atoms with Crippen LogP contribution in [0.2, 0.25) is 5.02 Å². The predicted molar refractivity (Wildman–Crippen MR) is 99.4 cm³/mol. The molecule has 1 amide bonds. The average Bonchev–Trinajstić information content (AvgIpc) is 3.17. The van der Waals surface area contributed by atoms with Crippen molar-refractivity contribution in [3.05, 3.63) is 34.3 Å². The second-order valence-electron chi connectivity index (χ2n) is 5.52. The number of carbonyl (C=O) groups excluding carboxylic acids is 1. The molecule has 0 aliphatic carbocycles. The molecular formula is C17H20ClN3O3S. The highest BCUT2D eigenvalue weighted by molar-refractivity contribution is 7.13. The summed E-state index contributed by atoms with van der Waals surface area (Å²) >= 11 is 7.89. The first-order valence-electron chi connectivity index (χ1n) is 8.08. The van der Waals surface area contributed by atoms with Gasteiger partial charge in [0.2, 0.25) is 0 Å². The molecule has 0 unspecified atom stereocenters. The Labute approximate surface area is 155 Å². The maximum Gasteiger partial charge on any atom is 0.254 e. The first kappa shape index (κ1) is 17.8. The number of methoxy groups -OCH3 is 1. The summed E-state index contributed by atoms with van der Waals surface area (Å²) in [6.45, 7) is 5.16. The molecule has 2 aromatic rings. The molecule has 1 aromatic heterocycles. The SMILES string of the molecule is CCOc1c(Cl)cc(C(=O)N2CCN(c3nccs3)CC2)cc1OC. The minimum atomic E-state index is -0.0537. The molecule has 1 fully saturated rings. The monoisotopic (exact) mass is 381 g/mol. The molecule has 0 spiro atoms. The van der Waals surface area contributed by atoms with Gasteiger partial charge in [0.15, 0.2) is 16.6 Å². The Kier molecular flexibility index (Phi) is 5.65. The minimum absolute atomic E-state index is 0.0537. The summed E-state index contributed by atoms with van der Waals surface area (Å²) in [6.07, 6.45) is 1.80. The van der Waals surface area contributed by atoms with Gasteiger partial charge in [-0.25, -0.2) is 4.98 Å². The third-order valence-electron chi connectivity index (χ3n) is 4.02. The van der Waals surface area contributed by atoms with E-state index in [-0.39, 0.29) is 5.91 Å². The zero-order valence-electron chi connectivity index (χ0n) is 14.2. The zero-order valence-corrected chi connectivity index (χ0v) is 15.8. The molecule has 1 aliphatic heterocycles. The maximum atomic E-state index is 12.8. The summed E-state index contributed by atoms with van der Waals surface area (Å²) in [4.78, 5) is 21.2. The van der Waals surface area contributed by atoms with Crippen LogP contribution in [0.25, 0.3) is 0 Å². The number of hydrogen-bond acceptors (Lipinski definition) is 6. The molecule has 0 saturated carbocycles. The van der Waals surface area contributed by atoms with Crippen molar-refractivity contribution in [2.24, 2.45) is 0 Å². The smallest absolute Gasteiger partial charge is 0.254 e. The van der Waals surface area contributed by atoms with E-state index < -0.39 is 0 Å². The molecule has 1 saturated heterocycles. The van der Waals surface area contributed by atoms with Crippen LogP contribution in [-0.4, -0.2) is 55.7 Å². The van der Waals surface area contributed by atoms with Gasteiger partial charge in [0.1, 0.15) is 0 Å². The molecule has 1 aromatic carbocycles. The Morgan fingerprint density at radius 1 is 1.32 bits per heavy atom. The number of ether oxygens (including phenoxy) is 2. The number of anilines is 1. The minimum Gasteiger partial charge on any atom is -0.493 e. The van der Waals surface area contributed by atoms with Gasteiger partial charge >= 0.3 is 0 Å². The summed E-state index contributed by atoms with van der Waals surface area (Å²) < 4.78 is 10.8. The van der Waals surface area contributed by atoms with Gasteiger partial charge < -0.3 is 19.3 Å². The van der Waals surface area contributed by atoms with E-state index >= 15 is 0 Å². The second-order valence-corrected chi connectivity index (χ2v) is 6.80. The highest BCUT2D eigenvalue weighted by Gasteiger charge is 2.25. The first-order valence-corrected chi connectivity index (χ1v) is 9.33. The number of nitrogens with zero attached hydrogens (tertiary/aromatic N) is 3. The molecular weight excluding hydrogens is 362 g/mol. The van der Waals surface area contributed by atoms with Crippen molar-refractivity contribution in [3.8, 4) is 11.5 Å². The van der Waals surface area contributed by atoms with Crippen molar-refractivity contribution < 1.29 is 14.3 Å². The van der Waals surface area contributed by atoms with Crippen LogP contribution in [0.4, 0.5) is 5.13 Å². The van der Waals surface area contributed by atoms with Crippen LogP contribution in [0.5, 0.6) is 11.5 Å². The number of benzene rings is 1. The number of thiazole rings is 1. The zero-order chi connectivity index (χ0) is 17.8. The molecule has 0 radical (unpaired) electrons. The fraction of sp³-hybridized carbons (Fsp3) is 0.412. The van der Waals surface area contributed by atoms with Crippen molar-refractivity contribution >= 4 is 34.0 Å². The standard InChI is InChI=1S/C17H20ClN3O3S/c1-3-24-15-13(18)10-12(11-14(15)23-2)16(22)20-5-7-21(8-6-20)17-19-4-9-25-17/h4,9-11H,3,5-8H2,1-2H3. The molecule has 8 heteroatoms. The van der Waals surface area contributed by atoms with Crippen molar-refractivity contribution in [2.45, 2.75) is 6.92 Å². The van der Waals surface area contributed by atoms with Crippen LogP contribution in [0.1, 0.15) is 17.3 Å². The normalized spacial score (nSPS) is 14.5. The molecule has 0 N–H and O–H groups in total. The van der Waals surface area contributed by atoms with Crippen LogP contribution in [0.3, 0.4) is 0 Å². The Bertz CT molecular complexity index is 731. The molecule has 6 nitrogen and oxygen atoms in total. The van der Waals surface area contributed by atoms with Crippen molar-refractivity contribution in [1.82, 2.24) is 9.88 Å². The van der Waals surface area contributed by atoms with E-state index in [0.29, 0.717) is 41.8 Å². The lowest BCUT2D eigenvalue weighted by molar-refractivity contribution is 0.0746. The maximum absolute atomic E-state index is 12.8. The van der Waals surface area contributed by atoms with Crippen LogP contribution in [0, 0.1) is 0 Å². The number of aromatic nitrogens is 1. The van der Waals surface area contributed by atoms with Crippen LogP contribution in [0.15, 0.2) is 23.7 Å². The lowest BCUT2D eigenvalue weighted by atomic mass is 10.1. The summed E-state index contributed by atoms with van der Waals surface area (Å²) in [5, 5.41) is 3.34. The molecule has 1 aliphatic rings. The molecule has 0 bridgehead atoms. The molecule has 134 valence electrons. The van der Waals surface area contributed by atoms with E-state index in [9.17, 15) is 4.79 Å². The summed E-state index contributed by atoms with van der Waals surface area (Å²) in [5.41, 5.74) is 0.507. The third kappa shape index (κ3) is 3.82. The Hall–Kier alpha value is -1.99. The van der Waals surface area contributed by atoms with Gasteiger partial charge in [0.25, 0.3) is 5.91 Å². The van der Waals surface area contributed by atoms with Crippen molar-refractivity contribution in [3.63, 3.8) is 0 Å². The summed E-state index contributed by atoms with van der Waals surface area (Å²) in [6, 6.07) is 3.33. The van der Waals surface area contributed by atoms with Gasteiger partial charge in [0, 0.05) is 43.3 Å². The van der Waals surface area contributed by atoms with Crippen LogP contribution < -0.4 is 14.4 Å². The van der Waals surface area contributed by atoms with Crippen molar-refractivity contribution in [2.75, 3.05) is 44.8 Å². The van der Waals surface area contributed by atoms with Gasteiger partial charge in [0.05, 0.1) is 18.7 Å². The Morgan fingerprint density at radius 2 is 2.08 bits per heavy atom. The first-order chi connectivity index (χ1) is 12.1. The van der Waals surface area contributed by atoms with E-state index in [1.807, 2.05) is 17.2 Å². The average molecular weight is 382 g/mol. The Balaban J connectivity index is 1.72. The van der Waals surface area contributed by atoms with Gasteiger partial charge in [-0.2, -0.15) is 0 Å². The van der Waals surface area contributed by atoms with E-state index in [1.54, 1.807) is 29.7 Å². The largest absolute Gasteiger partial charge is 0.493 e. The quantitative estimate of drug-likeness (QED) is 0.796. The Morgan fingerprint density at radius 3 is 2.68 bits per heavy atom. The highest BCUT2D eigenvalue weighted by Crippen LogP contribution is 2.36. The van der Waals surface area contributed by atoms with Gasteiger partial charge in [-0.05, 0) is 19.1 Å². The topological polar surface area (TPSA) is 54.9 Å². The highest BCUT2D eigenvalue weighted by atomic mass is 35.5. The van der Waals surface area contributed by atoms with E-state index in [0.717, 1.165) is 18.2 Å². The van der Waals surface area contributed by atoms with Gasteiger partial charge in [-0.15, -0.1) is 11.3 Å². The number of rotatable bonds is 5. The molecule has 25 heavy (non-hydrogen) atoms. The molecule has 3 rings (SSSR count). The molecule has 2 heterocycles. The van der Waals surface area contributed by atoms with Crippen LogP contribution >= 0.6 is 22.9 Å². The van der Waals surface area contributed by atoms with Gasteiger partial charge in [-0.1, -0.05) is 11.6 Å². The van der Waals surface area contributed by atoms with Gasteiger partial charge in [-0.3, -0.25) is 4.79 Å².